The Morgan fingerprint density at radius 3 is 2.90 bits per heavy atom. The van der Waals surface area contributed by atoms with Gasteiger partial charge in [0.15, 0.2) is 0 Å². The molecule has 3 nitrogen and oxygen atoms in total. The summed E-state index contributed by atoms with van der Waals surface area (Å²) in [5.74, 6) is 0. The van der Waals surface area contributed by atoms with Gasteiger partial charge in [0.1, 0.15) is 4.60 Å². The van der Waals surface area contributed by atoms with Crippen molar-refractivity contribution in [2.45, 2.75) is 13.5 Å². The number of aryl methyl sites for hydroxylation is 1. The average Bonchev–Trinajstić information content (AvgIpc) is 2.20. The highest BCUT2D eigenvalue weighted by molar-refractivity contribution is 9.10. The van der Waals surface area contributed by atoms with Crippen LogP contribution in [0.5, 0.6) is 0 Å². The van der Waals surface area contributed by atoms with Crippen LogP contribution in [-0.4, -0.2) is 16.3 Å². The molecular weight excluding hydrogens is 194 g/mol. The van der Waals surface area contributed by atoms with Crippen molar-refractivity contribution in [1.82, 2.24) is 9.78 Å². The molecular formula is C6H10BrN3. The van der Waals surface area contributed by atoms with Gasteiger partial charge in [-0.1, -0.05) is 0 Å². The second-order valence-corrected chi connectivity index (χ2v) is 2.88. The molecule has 0 aromatic carbocycles. The molecule has 56 valence electrons. The van der Waals surface area contributed by atoms with Crippen LogP contribution in [0.4, 0.5) is 0 Å². The fraction of sp³-hybridized carbons (Fsp3) is 0.500. The quantitative estimate of drug-likeness (QED) is 0.778. The molecule has 0 aliphatic carbocycles. The van der Waals surface area contributed by atoms with Gasteiger partial charge >= 0.3 is 0 Å². The molecule has 4 heteroatoms. The highest BCUT2D eigenvalue weighted by atomic mass is 79.9. The van der Waals surface area contributed by atoms with E-state index in [1.54, 1.807) is 0 Å². The minimum Gasteiger partial charge on any atom is -0.329 e. The Morgan fingerprint density at radius 2 is 2.50 bits per heavy atom. The van der Waals surface area contributed by atoms with Crippen molar-refractivity contribution in [2.24, 2.45) is 5.73 Å². The summed E-state index contributed by atoms with van der Waals surface area (Å²) in [5.41, 5.74) is 6.50. The largest absolute Gasteiger partial charge is 0.329 e. The molecule has 0 bridgehead atoms. The zero-order valence-corrected chi connectivity index (χ0v) is 7.43. The maximum absolute atomic E-state index is 5.36. The Morgan fingerprint density at radius 1 is 1.80 bits per heavy atom. The topological polar surface area (TPSA) is 43.8 Å². The first-order valence-corrected chi connectivity index (χ1v) is 3.93. The van der Waals surface area contributed by atoms with Gasteiger partial charge in [0.25, 0.3) is 0 Å². The minimum atomic E-state index is 0.625. The smallest absolute Gasteiger partial charge is 0.107 e. The minimum absolute atomic E-state index is 0.625. The molecule has 0 saturated carbocycles. The van der Waals surface area contributed by atoms with E-state index < -0.39 is 0 Å². The van der Waals surface area contributed by atoms with Gasteiger partial charge in [-0.3, -0.25) is 4.68 Å². The van der Waals surface area contributed by atoms with Gasteiger partial charge in [0, 0.05) is 12.1 Å². The lowest BCUT2D eigenvalue weighted by molar-refractivity contribution is 0.612. The van der Waals surface area contributed by atoms with Crippen LogP contribution in [0.3, 0.4) is 0 Å². The number of hydrogen-bond acceptors (Lipinski definition) is 2. The van der Waals surface area contributed by atoms with E-state index in [1.165, 1.54) is 0 Å². The molecule has 0 radical (unpaired) electrons. The highest BCUT2D eigenvalue weighted by Gasteiger charge is 2.00. The van der Waals surface area contributed by atoms with E-state index in [0.717, 1.165) is 16.7 Å². The van der Waals surface area contributed by atoms with Crippen LogP contribution < -0.4 is 5.73 Å². The molecule has 0 aliphatic rings. The molecule has 1 heterocycles. The fourth-order valence-electron chi connectivity index (χ4n) is 0.742. The lowest BCUT2D eigenvalue weighted by Crippen LogP contribution is -2.10. The van der Waals surface area contributed by atoms with Gasteiger partial charge in [0.2, 0.25) is 0 Å². The van der Waals surface area contributed by atoms with Crippen LogP contribution in [0.15, 0.2) is 10.8 Å². The Labute approximate surface area is 68.3 Å². The molecule has 0 saturated heterocycles. The first-order chi connectivity index (χ1) is 4.75. The van der Waals surface area contributed by atoms with E-state index in [1.807, 2.05) is 17.8 Å². The molecule has 0 aliphatic heterocycles. The molecule has 0 amide bonds. The first-order valence-electron chi connectivity index (χ1n) is 3.13. The van der Waals surface area contributed by atoms with Crippen LogP contribution in [0.25, 0.3) is 0 Å². The number of nitrogens with zero attached hydrogens (tertiary/aromatic N) is 2. The Balaban J connectivity index is 2.83. The Kier molecular flexibility index (Phi) is 2.45. The van der Waals surface area contributed by atoms with Gasteiger partial charge in [-0.25, -0.2) is 0 Å². The van der Waals surface area contributed by atoms with Crippen molar-refractivity contribution in [3.8, 4) is 0 Å². The molecule has 0 atom stereocenters. The number of halogens is 1. The van der Waals surface area contributed by atoms with E-state index in [4.69, 9.17) is 5.73 Å². The monoisotopic (exact) mass is 203 g/mol. The summed E-state index contributed by atoms with van der Waals surface area (Å²) >= 11 is 3.40. The van der Waals surface area contributed by atoms with Crippen molar-refractivity contribution in [1.29, 1.82) is 0 Å². The summed E-state index contributed by atoms with van der Waals surface area (Å²) in [7, 11) is 0. The average molecular weight is 204 g/mol. The first kappa shape index (κ1) is 7.75. The summed E-state index contributed by atoms with van der Waals surface area (Å²) in [6, 6.07) is 0. The van der Waals surface area contributed by atoms with Gasteiger partial charge in [-0.2, -0.15) is 5.10 Å². The molecule has 1 rings (SSSR count). The summed E-state index contributed by atoms with van der Waals surface area (Å²) in [4.78, 5) is 0. The molecule has 10 heavy (non-hydrogen) atoms. The second kappa shape index (κ2) is 3.16. The second-order valence-electron chi connectivity index (χ2n) is 2.13. The number of aromatic nitrogens is 2. The normalized spacial score (nSPS) is 10.3. The van der Waals surface area contributed by atoms with Crippen molar-refractivity contribution in [3.05, 3.63) is 16.4 Å². The fourth-order valence-corrected chi connectivity index (χ4v) is 1.11. The molecule has 1 aromatic rings. The molecule has 2 N–H and O–H groups in total. The van der Waals surface area contributed by atoms with Crippen molar-refractivity contribution in [3.63, 3.8) is 0 Å². The standard InChI is InChI=1S/C6H10BrN3/c1-5-4-9-10(3-2-8)6(5)7/h4H,2-3,8H2,1H3. The predicted octanol–water partition coefficient (Wildman–Crippen LogP) is 0.913. The van der Waals surface area contributed by atoms with E-state index in [0.29, 0.717) is 6.54 Å². The third-order valence-electron chi connectivity index (χ3n) is 1.28. The lowest BCUT2D eigenvalue weighted by Gasteiger charge is -1.98. The zero-order valence-electron chi connectivity index (χ0n) is 5.84. The Hall–Kier alpha value is -0.350. The third kappa shape index (κ3) is 1.38. The summed E-state index contributed by atoms with van der Waals surface area (Å²) in [6.07, 6.45) is 1.82. The Bertz CT molecular complexity index is 219. The molecule has 1 aromatic heterocycles. The zero-order chi connectivity index (χ0) is 7.56. The van der Waals surface area contributed by atoms with Crippen molar-refractivity contribution in [2.75, 3.05) is 6.54 Å². The van der Waals surface area contributed by atoms with Gasteiger partial charge in [-0.05, 0) is 22.9 Å². The van der Waals surface area contributed by atoms with E-state index in [9.17, 15) is 0 Å². The maximum atomic E-state index is 5.36. The van der Waals surface area contributed by atoms with Gasteiger partial charge in [-0.15, -0.1) is 0 Å². The molecule has 0 unspecified atom stereocenters. The molecule has 0 spiro atoms. The third-order valence-corrected chi connectivity index (χ3v) is 2.32. The van der Waals surface area contributed by atoms with E-state index in [2.05, 4.69) is 21.0 Å². The summed E-state index contributed by atoms with van der Waals surface area (Å²) < 4.78 is 2.87. The summed E-state index contributed by atoms with van der Waals surface area (Å²) in [5, 5.41) is 4.09. The maximum Gasteiger partial charge on any atom is 0.107 e. The van der Waals surface area contributed by atoms with Gasteiger partial charge < -0.3 is 5.73 Å². The van der Waals surface area contributed by atoms with Crippen LogP contribution in [-0.2, 0) is 6.54 Å². The number of rotatable bonds is 2. The van der Waals surface area contributed by atoms with Crippen molar-refractivity contribution >= 4 is 15.9 Å². The van der Waals surface area contributed by atoms with E-state index >= 15 is 0 Å². The van der Waals surface area contributed by atoms with Gasteiger partial charge in [0.05, 0.1) is 12.7 Å². The lowest BCUT2D eigenvalue weighted by atomic mass is 10.4. The highest BCUT2D eigenvalue weighted by Crippen LogP contribution is 2.13. The number of hydrogen-bond donors (Lipinski definition) is 1. The number of nitrogens with two attached hydrogens (primary N) is 1. The van der Waals surface area contributed by atoms with Crippen LogP contribution in [0.2, 0.25) is 0 Å². The summed E-state index contributed by atoms with van der Waals surface area (Å²) in [6.45, 7) is 3.40. The van der Waals surface area contributed by atoms with E-state index in [-0.39, 0.29) is 0 Å². The molecule has 0 fully saturated rings. The van der Waals surface area contributed by atoms with Crippen molar-refractivity contribution < 1.29 is 0 Å². The SMILES string of the molecule is Cc1cnn(CCN)c1Br. The van der Waals surface area contributed by atoms with Crippen LogP contribution >= 0.6 is 15.9 Å². The predicted molar refractivity (Wildman–Crippen MR) is 43.7 cm³/mol. The van der Waals surface area contributed by atoms with Crippen LogP contribution in [0.1, 0.15) is 5.56 Å². The van der Waals surface area contributed by atoms with Crippen LogP contribution in [0, 0.1) is 6.92 Å².